The minimum atomic E-state index is -0.777. The molecule has 0 amide bonds. The highest BCUT2D eigenvalue weighted by Gasteiger charge is 2.29. The summed E-state index contributed by atoms with van der Waals surface area (Å²) in [6.07, 6.45) is 0. The first kappa shape index (κ1) is 13.7. The second kappa shape index (κ2) is 4.74. The number of hydrogen-bond donors (Lipinski definition) is 2. The molecule has 2 nitrogen and oxygen atoms in total. The number of aromatic hydroxyl groups is 2. The lowest BCUT2D eigenvalue weighted by Gasteiger charge is -2.27. The van der Waals surface area contributed by atoms with E-state index in [4.69, 9.17) is 11.6 Å². The van der Waals surface area contributed by atoms with Crippen LogP contribution in [0, 0.1) is 5.82 Å². The van der Waals surface area contributed by atoms with Crippen molar-refractivity contribution in [3.63, 3.8) is 0 Å². The van der Waals surface area contributed by atoms with Gasteiger partial charge in [0.25, 0.3) is 0 Å². The van der Waals surface area contributed by atoms with E-state index in [1.165, 1.54) is 24.3 Å². The zero-order valence-corrected chi connectivity index (χ0v) is 11.4. The van der Waals surface area contributed by atoms with Crippen molar-refractivity contribution in [1.29, 1.82) is 0 Å². The molecule has 0 aliphatic rings. The molecule has 0 aliphatic heterocycles. The summed E-state index contributed by atoms with van der Waals surface area (Å²) in [6.45, 7) is 3.57. The Morgan fingerprint density at radius 2 is 1.47 bits per heavy atom. The number of halogens is 2. The zero-order valence-electron chi connectivity index (χ0n) is 10.6. The van der Waals surface area contributed by atoms with Crippen LogP contribution in [0.4, 0.5) is 4.39 Å². The van der Waals surface area contributed by atoms with Crippen molar-refractivity contribution in [1.82, 2.24) is 0 Å². The van der Waals surface area contributed by atoms with Gasteiger partial charge >= 0.3 is 0 Å². The molecule has 0 fully saturated rings. The van der Waals surface area contributed by atoms with Crippen molar-refractivity contribution < 1.29 is 14.6 Å². The Kier molecular flexibility index (Phi) is 3.42. The summed E-state index contributed by atoms with van der Waals surface area (Å²) in [7, 11) is 0. The average Bonchev–Trinajstić information content (AvgIpc) is 2.35. The normalized spacial score (nSPS) is 11.6. The summed E-state index contributed by atoms with van der Waals surface area (Å²) in [6, 6.07) is 8.41. The Morgan fingerprint density at radius 1 is 0.947 bits per heavy atom. The third-order valence-corrected chi connectivity index (χ3v) is 3.50. The Hall–Kier alpha value is -1.74. The monoisotopic (exact) mass is 280 g/mol. The molecular weight excluding hydrogens is 267 g/mol. The van der Waals surface area contributed by atoms with E-state index in [1.54, 1.807) is 26.0 Å². The van der Waals surface area contributed by atoms with E-state index in [1.807, 2.05) is 0 Å². The van der Waals surface area contributed by atoms with E-state index >= 15 is 0 Å². The molecule has 0 aliphatic carbocycles. The van der Waals surface area contributed by atoms with Crippen LogP contribution in [0.15, 0.2) is 36.4 Å². The van der Waals surface area contributed by atoms with E-state index in [0.717, 1.165) is 0 Å². The number of benzene rings is 2. The molecule has 0 aromatic heterocycles. The molecule has 2 aromatic rings. The molecule has 0 heterocycles. The van der Waals surface area contributed by atoms with Gasteiger partial charge in [-0.05, 0) is 36.4 Å². The Bertz CT molecular complexity index is 570. The quantitative estimate of drug-likeness (QED) is 0.865. The van der Waals surface area contributed by atoms with Gasteiger partial charge in [0, 0.05) is 21.6 Å². The lowest BCUT2D eigenvalue weighted by molar-refractivity contribution is 0.433. The van der Waals surface area contributed by atoms with Crippen LogP contribution in [0.25, 0.3) is 0 Å². The van der Waals surface area contributed by atoms with Crippen molar-refractivity contribution in [2.75, 3.05) is 0 Å². The minimum Gasteiger partial charge on any atom is -0.508 e. The van der Waals surface area contributed by atoms with E-state index in [9.17, 15) is 14.6 Å². The average molecular weight is 281 g/mol. The van der Waals surface area contributed by atoms with Crippen LogP contribution in [0.2, 0.25) is 5.02 Å². The third kappa shape index (κ3) is 2.51. The standard InChI is InChI=1S/C15H14ClFO2/c1-15(2,11-7-9(16)3-5-13(11)18)12-8-10(17)4-6-14(12)19/h3-8,18-19H,1-2H3. The predicted octanol–water partition coefficient (Wildman–Crippen LogP) is 4.22. The number of phenolic OH excluding ortho intramolecular Hbond substituents is 2. The fourth-order valence-corrected chi connectivity index (χ4v) is 2.33. The van der Waals surface area contributed by atoms with Crippen molar-refractivity contribution in [2.24, 2.45) is 0 Å². The van der Waals surface area contributed by atoms with Gasteiger partial charge in [-0.3, -0.25) is 0 Å². The van der Waals surface area contributed by atoms with Crippen LogP contribution in [0.1, 0.15) is 25.0 Å². The molecule has 4 heteroatoms. The first-order chi connectivity index (χ1) is 8.82. The molecule has 0 saturated heterocycles. The van der Waals surface area contributed by atoms with Gasteiger partial charge in [-0.2, -0.15) is 0 Å². The van der Waals surface area contributed by atoms with Crippen LogP contribution < -0.4 is 0 Å². The van der Waals surface area contributed by atoms with Crippen LogP contribution in [-0.4, -0.2) is 10.2 Å². The first-order valence-electron chi connectivity index (χ1n) is 5.80. The molecular formula is C15H14ClFO2. The lowest BCUT2D eigenvalue weighted by atomic mass is 9.77. The second-order valence-corrected chi connectivity index (χ2v) is 5.38. The van der Waals surface area contributed by atoms with E-state index in [2.05, 4.69) is 0 Å². The second-order valence-electron chi connectivity index (χ2n) is 4.95. The third-order valence-electron chi connectivity index (χ3n) is 3.26. The van der Waals surface area contributed by atoms with Gasteiger partial charge in [0.2, 0.25) is 0 Å². The van der Waals surface area contributed by atoms with Crippen LogP contribution in [0.3, 0.4) is 0 Å². The first-order valence-corrected chi connectivity index (χ1v) is 6.18. The number of hydrogen-bond acceptors (Lipinski definition) is 2. The van der Waals surface area contributed by atoms with Gasteiger partial charge in [-0.25, -0.2) is 4.39 Å². The summed E-state index contributed by atoms with van der Waals surface area (Å²) in [5, 5.41) is 20.3. The maximum atomic E-state index is 13.4. The van der Waals surface area contributed by atoms with Crippen molar-refractivity contribution >= 4 is 11.6 Å². The van der Waals surface area contributed by atoms with E-state index < -0.39 is 11.2 Å². The van der Waals surface area contributed by atoms with Crippen molar-refractivity contribution in [3.05, 3.63) is 58.4 Å². The van der Waals surface area contributed by atoms with Crippen LogP contribution >= 0.6 is 11.6 Å². The predicted molar refractivity (Wildman–Crippen MR) is 73.3 cm³/mol. The van der Waals surface area contributed by atoms with Crippen molar-refractivity contribution in [2.45, 2.75) is 19.3 Å². The van der Waals surface area contributed by atoms with Crippen molar-refractivity contribution in [3.8, 4) is 11.5 Å². The lowest BCUT2D eigenvalue weighted by Crippen LogP contribution is -2.19. The summed E-state index contributed by atoms with van der Waals surface area (Å²) < 4.78 is 13.4. The molecule has 0 unspecified atom stereocenters. The summed E-state index contributed by atoms with van der Waals surface area (Å²) in [5.74, 6) is -0.411. The molecule has 2 rings (SSSR count). The molecule has 0 saturated carbocycles. The van der Waals surface area contributed by atoms with E-state index in [0.29, 0.717) is 16.1 Å². The molecule has 100 valence electrons. The minimum absolute atomic E-state index is 0.0224. The van der Waals surface area contributed by atoms with Gasteiger partial charge in [0.1, 0.15) is 17.3 Å². The maximum absolute atomic E-state index is 13.4. The zero-order chi connectivity index (χ0) is 14.2. The summed E-state index contributed by atoms with van der Waals surface area (Å²) >= 11 is 5.93. The molecule has 0 atom stereocenters. The van der Waals surface area contributed by atoms with Gasteiger partial charge < -0.3 is 10.2 Å². The van der Waals surface area contributed by atoms with Gasteiger partial charge in [0.05, 0.1) is 0 Å². The molecule has 0 radical (unpaired) electrons. The number of phenols is 2. The Labute approximate surface area is 116 Å². The maximum Gasteiger partial charge on any atom is 0.123 e. The van der Waals surface area contributed by atoms with Gasteiger partial charge in [-0.15, -0.1) is 0 Å². The molecule has 2 N–H and O–H groups in total. The Morgan fingerprint density at radius 3 is 2.11 bits per heavy atom. The smallest absolute Gasteiger partial charge is 0.123 e. The molecule has 0 bridgehead atoms. The largest absolute Gasteiger partial charge is 0.508 e. The Balaban J connectivity index is 2.64. The summed E-state index contributed by atoms with van der Waals surface area (Å²) in [5.41, 5.74) is 0.146. The highest BCUT2D eigenvalue weighted by atomic mass is 35.5. The highest BCUT2D eigenvalue weighted by Crippen LogP contribution is 2.41. The van der Waals surface area contributed by atoms with Crippen LogP contribution in [0.5, 0.6) is 11.5 Å². The van der Waals surface area contributed by atoms with Gasteiger partial charge in [0.15, 0.2) is 0 Å². The summed E-state index contributed by atoms with van der Waals surface area (Å²) in [4.78, 5) is 0. The molecule has 2 aromatic carbocycles. The highest BCUT2D eigenvalue weighted by molar-refractivity contribution is 6.30. The molecule has 0 spiro atoms. The fourth-order valence-electron chi connectivity index (χ4n) is 2.16. The van der Waals surface area contributed by atoms with Gasteiger partial charge in [-0.1, -0.05) is 25.4 Å². The number of rotatable bonds is 2. The topological polar surface area (TPSA) is 40.5 Å². The van der Waals surface area contributed by atoms with E-state index in [-0.39, 0.29) is 11.5 Å². The van der Waals surface area contributed by atoms with Crippen LogP contribution in [-0.2, 0) is 5.41 Å². The SMILES string of the molecule is CC(C)(c1cc(F)ccc1O)c1cc(Cl)ccc1O. The fraction of sp³-hybridized carbons (Fsp3) is 0.200. The molecule has 19 heavy (non-hydrogen) atoms.